The predicted molar refractivity (Wildman–Crippen MR) is 96.0 cm³/mol. The second kappa shape index (κ2) is 7.01. The van der Waals surface area contributed by atoms with Gasteiger partial charge in [0, 0.05) is 25.1 Å². The Kier molecular flexibility index (Phi) is 4.82. The van der Waals surface area contributed by atoms with Gasteiger partial charge < -0.3 is 9.69 Å². The molecule has 3 rings (SSSR count). The van der Waals surface area contributed by atoms with Crippen LogP contribution >= 0.6 is 11.8 Å². The molecular weight excluding hydrogens is 304 g/mol. The Morgan fingerprint density at radius 3 is 1.91 bits per heavy atom. The quantitative estimate of drug-likeness (QED) is 0.828. The minimum atomic E-state index is -0.691. The molecule has 0 bridgehead atoms. The fraction of sp³-hybridized carbons (Fsp3) is 0.263. The van der Waals surface area contributed by atoms with Gasteiger partial charge in [-0.3, -0.25) is 5.41 Å². The molecule has 0 atom stereocenters. The van der Waals surface area contributed by atoms with Crippen LogP contribution in [0.4, 0.5) is 0 Å². The van der Waals surface area contributed by atoms with Gasteiger partial charge in [0.1, 0.15) is 11.8 Å². The molecule has 0 aromatic heterocycles. The van der Waals surface area contributed by atoms with Crippen molar-refractivity contribution in [3.63, 3.8) is 0 Å². The Morgan fingerprint density at radius 2 is 1.52 bits per heavy atom. The first kappa shape index (κ1) is 15.8. The van der Waals surface area contributed by atoms with Crippen LogP contribution in [0.2, 0.25) is 0 Å². The molecule has 0 spiro atoms. The summed E-state index contributed by atoms with van der Waals surface area (Å²) in [6, 6.07) is 20.2. The van der Waals surface area contributed by atoms with E-state index in [0.29, 0.717) is 18.0 Å². The molecule has 1 fully saturated rings. The molecule has 0 amide bonds. The summed E-state index contributed by atoms with van der Waals surface area (Å²) < 4.78 is 0. The van der Waals surface area contributed by atoms with E-state index in [-0.39, 0.29) is 0 Å². The third kappa shape index (κ3) is 3.48. The van der Waals surface area contributed by atoms with Crippen LogP contribution in [0.25, 0.3) is 0 Å². The van der Waals surface area contributed by atoms with Crippen molar-refractivity contribution in [3.05, 3.63) is 71.8 Å². The third-order valence-corrected chi connectivity index (χ3v) is 5.14. The van der Waals surface area contributed by atoms with Gasteiger partial charge in [-0.2, -0.15) is 0 Å². The number of carbonyl (C=O) groups is 1. The van der Waals surface area contributed by atoms with E-state index in [1.54, 1.807) is 0 Å². The SMILES string of the molecule is N=C1SCCN1C(C=O)(Cc1ccccc1)Cc1ccccc1. The summed E-state index contributed by atoms with van der Waals surface area (Å²) in [5.74, 6) is 0.873. The van der Waals surface area contributed by atoms with Crippen LogP contribution < -0.4 is 0 Å². The number of thioether (sulfide) groups is 1. The predicted octanol–water partition coefficient (Wildman–Crippen LogP) is 3.39. The standard InChI is InChI=1S/C19H20N2OS/c20-18-21(11-12-23-18)19(15-22,13-16-7-3-1-4-8-16)14-17-9-5-2-6-10-17/h1-10,15,20H,11-14H2. The molecule has 1 N–H and O–H groups in total. The van der Waals surface area contributed by atoms with Crippen molar-refractivity contribution < 1.29 is 4.79 Å². The summed E-state index contributed by atoms with van der Waals surface area (Å²) in [7, 11) is 0. The van der Waals surface area contributed by atoms with Crippen LogP contribution in [-0.4, -0.2) is 34.2 Å². The Labute approximate surface area is 141 Å². The number of nitrogens with zero attached hydrogens (tertiary/aromatic N) is 1. The number of nitrogens with one attached hydrogen (secondary N) is 1. The average molecular weight is 324 g/mol. The average Bonchev–Trinajstić information content (AvgIpc) is 3.03. The fourth-order valence-electron chi connectivity index (χ4n) is 3.14. The maximum atomic E-state index is 12.2. The van der Waals surface area contributed by atoms with Crippen molar-refractivity contribution in [2.45, 2.75) is 18.4 Å². The lowest BCUT2D eigenvalue weighted by Crippen LogP contribution is -2.53. The smallest absolute Gasteiger partial charge is 0.157 e. The van der Waals surface area contributed by atoms with Gasteiger partial charge in [-0.25, -0.2) is 0 Å². The van der Waals surface area contributed by atoms with Gasteiger partial charge in [0.25, 0.3) is 0 Å². The molecule has 0 unspecified atom stereocenters. The first-order valence-electron chi connectivity index (χ1n) is 7.77. The maximum absolute atomic E-state index is 12.2. The highest BCUT2D eigenvalue weighted by Gasteiger charge is 2.40. The molecule has 2 aromatic rings. The second-order valence-corrected chi connectivity index (χ2v) is 6.94. The van der Waals surface area contributed by atoms with Crippen LogP contribution in [0.15, 0.2) is 60.7 Å². The van der Waals surface area contributed by atoms with Gasteiger partial charge in [0.2, 0.25) is 0 Å². The van der Waals surface area contributed by atoms with Gasteiger partial charge in [0.15, 0.2) is 5.17 Å². The lowest BCUT2D eigenvalue weighted by atomic mass is 9.84. The van der Waals surface area contributed by atoms with Crippen molar-refractivity contribution in [1.82, 2.24) is 4.90 Å². The number of rotatable bonds is 6. The molecule has 4 heteroatoms. The number of hydrogen-bond acceptors (Lipinski definition) is 3. The van der Waals surface area contributed by atoms with E-state index in [2.05, 4.69) is 24.3 Å². The molecule has 0 radical (unpaired) electrons. The van der Waals surface area contributed by atoms with Crippen LogP contribution in [0.3, 0.4) is 0 Å². The normalized spacial score (nSPS) is 15.0. The fourth-order valence-corrected chi connectivity index (χ4v) is 4.03. The molecule has 23 heavy (non-hydrogen) atoms. The number of amidine groups is 1. The van der Waals surface area contributed by atoms with Crippen molar-refractivity contribution >= 4 is 23.2 Å². The highest BCUT2D eigenvalue weighted by Crippen LogP contribution is 2.31. The molecule has 0 saturated carbocycles. The number of aldehydes is 1. The van der Waals surface area contributed by atoms with Gasteiger partial charge in [-0.05, 0) is 11.1 Å². The zero-order valence-corrected chi connectivity index (χ0v) is 13.8. The summed E-state index contributed by atoms with van der Waals surface area (Å²) in [6.07, 6.45) is 2.29. The molecule has 2 aromatic carbocycles. The molecule has 1 saturated heterocycles. The zero-order valence-electron chi connectivity index (χ0n) is 12.9. The Bertz CT molecular complexity index is 631. The van der Waals surface area contributed by atoms with Crippen LogP contribution in [-0.2, 0) is 17.6 Å². The Hall–Kier alpha value is -2.07. The molecule has 1 heterocycles. The van der Waals surface area contributed by atoms with Crippen molar-refractivity contribution in [2.24, 2.45) is 0 Å². The number of hydrogen-bond donors (Lipinski definition) is 1. The van der Waals surface area contributed by atoms with Gasteiger partial charge >= 0.3 is 0 Å². The van der Waals surface area contributed by atoms with Crippen molar-refractivity contribution in [2.75, 3.05) is 12.3 Å². The minimum absolute atomic E-state index is 0.504. The highest BCUT2D eigenvalue weighted by atomic mass is 32.2. The second-order valence-electron chi connectivity index (χ2n) is 5.85. The van der Waals surface area contributed by atoms with Gasteiger partial charge in [-0.15, -0.1) is 0 Å². The van der Waals surface area contributed by atoms with Crippen molar-refractivity contribution in [3.8, 4) is 0 Å². The van der Waals surface area contributed by atoms with E-state index in [1.807, 2.05) is 41.3 Å². The van der Waals surface area contributed by atoms with Crippen molar-refractivity contribution in [1.29, 1.82) is 5.41 Å². The van der Waals surface area contributed by atoms with Gasteiger partial charge in [-0.1, -0.05) is 72.4 Å². The maximum Gasteiger partial charge on any atom is 0.157 e. The summed E-state index contributed by atoms with van der Waals surface area (Å²) in [5.41, 5.74) is 1.56. The number of benzene rings is 2. The summed E-state index contributed by atoms with van der Waals surface area (Å²) in [5, 5.41) is 8.73. The van der Waals surface area contributed by atoms with E-state index in [9.17, 15) is 4.79 Å². The number of carbonyl (C=O) groups excluding carboxylic acids is 1. The van der Waals surface area contributed by atoms with Crippen LogP contribution in [0, 0.1) is 5.41 Å². The molecular formula is C19H20N2OS. The van der Waals surface area contributed by atoms with Crippen LogP contribution in [0.5, 0.6) is 0 Å². The minimum Gasteiger partial charge on any atom is -0.338 e. The first-order chi connectivity index (χ1) is 11.2. The summed E-state index contributed by atoms with van der Waals surface area (Å²) >= 11 is 1.52. The molecule has 1 aliphatic heterocycles. The molecule has 3 nitrogen and oxygen atoms in total. The Morgan fingerprint density at radius 1 is 1.00 bits per heavy atom. The van der Waals surface area contributed by atoms with E-state index >= 15 is 0 Å². The topological polar surface area (TPSA) is 44.2 Å². The first-order valence-corrected chi connectivity index (χ1v) is 8.75. The van der Waals surface area contributed by atoms with E-state index in [0.717, 1.165) is 29.7 Å². The molecule has 1 aliphatic rings. The van der Waals surface area contributed by atoms with E-state index < -0.39 is 5.54 Å². The summed E-state index contributed by atoms with van der Waals surface area (Å²) in [4.78, 5) is 14.2. The van der Waals surface area contributed by atoms with E-state index in [1.165, 1.54) is 11.8 Å². The largest absolute Gasteiger partial charge is 0.338 e. The van der Waals surface area contributed by atoms with Gasteiger partial charge in [0.05, 0.1) is 0 Å². The summed E-state index contributed by atoms with van der Waals surface area (Å²) in [6.45, 7) is 0.752. The third-order valence-electron chi connectivity index (χ3n) is 4.26. The van der Waals surface area contributed by atoms with E-state index in [4.69, 9.17) is 5.41 Å². The lowest BCUT2D eigenvalue weighted by molar-refractivity contribution is -0.116. The zero-order chi connectivity index (χ0) is 16.1. The molecule has 118 valence electrons. The Balaban J connectivity index is 1.96. The molecule has 0 aliphatic carbocycles. The highest BCUT2D eigenvalue weighted by molar-refractivity contribution is 8.14. The monoisotopic (exact) mass is 324 g/mol. The lowest BCUT2D eigenvalue weighted by Gasteiger charge is -2.38. The van der Waals surface area contributed by atoms with Crippen LogP contribution in [0.1, 0.15) is 11.1 Å².